The number of rotatable bonds is 6. The van der Waals surface area contributed by atoms with Crippen LogP contribution in [0.3, 0.4) is 0 Å². The molecule has 5 heteroatoms. The summed E-state index contributed by atoms with van der Waals surface area (Å²) in [5.41, 5.74) is 1.99. The molecule has 0 saturated carbocycles. The Hall–Kier alpha value is -2.04. The molecular formula is C16H24N2O3. The van der Waals surface area contributed by atoms with Gasteiger partial charge in [-0.1, -0.05) is 32.9 Å². The molecule has 0 aromatic heterocycles. The van der Waals surface area contributed by atoms with Gasteiger partial charge in [0.25, 0.3) is 0 Å². The first-order valence-electron chi connectivity index (χ1n) is 7.20. The third-order valence-electron chi connectivity index (χ3n) is 3.63. The second kappa shape index (κ2) is 7.67. The van der Waals surface area contributed by atoms with E-state index in [4.69, 9.17) is 5.11 Å². The van der Waals surface area contributed by atoms with Crippen molar-refractivity contribution in [2.75, 3.05) is 18.5 Å². The van der Waals surface area contributed by atoms with E-state index in [1.54, 1.807) is 7.05 Å². The summed E-state index contributed by atoms with van der Waals surface area (Å²) in [4.78, 5) is 24.7. The molecule has 1 rings (SSSR count). The van der Waals surface area contributed by atoms with Crippen LogP contribution in [0.15, 0.2) is 24.3 Å². The van der Waals surface area contributed by atoms with Gasteiger partial charge in [0.15, 0.2) is 0 Å². The van der Waals surface area contributed by atoms with Gasteiger partial charge in [0, 0.05) is 19.3 Å². The number of aliphatic carboxylic acids is 1. The van der Waals surface area contributed by atoms with Crippen LogP contribution in [0.1, 0.15) is 26.3 Å². The third kappa shape index (κ3) is 4.77. The van der Waals surface area contributed by atoms with Crippen LogP contribution in [-0.2, 0) is 11.2 Å². The monoisotopic (exact) mass is 292 g/mol. The molecule has 1 aromatic carbocycles. The predicted molar refractivity (Wildman–Crippen MR) is 83.6 cm³/mol. The highest BCUT2D eigenvalue weighted by atomic mass is 16.4. The standard InChI is InChI=1S/C16H24N2O3/c1-5-12-6-8-13(9-7-12)18(4)16(21)17-10-14(11(2)3)15(19)20/h6-9,11,14H,5,10H2,1-4H3,(H,17,21)(H,19,20). The van der Waals surface area contributed by atoms with E-state index in [0.29, 0.717) is 0 Å². The Morgan fingerprint density at radius 1 is 1.24 bits per heavy atom. The minimum absolute atomic E-state index is 0.0306. The number of urea groups is 1. The minimum Gasteiger partial charge on any atom is -0.481 e. The van der Waals surface area contributed by atoms with Crippen LogP contribution in [0.2, 0.25) is 0 Å². The number of hydrogen-bond acceptors (Lipinski definition) is 2. The van der Waals surface area contributed by atoms with Crippen LogP contribution >= 0.6 is 0 Å². The average molecular weight is 292 g/mol. The van der Waals surface area contributed by atoms with Crippen molar-refractivity contribution in [2.24, 2.45) is 11.8 Å². The molecule has 2 amide bonds. The summed E-state index contributed by atoms with van der Waals surface area (Å²) in [6.07, 6.45) is 0.949. The number of hydrogen-bond donors (Lipinski definition) is 2. The molecular weight excluding hydrogens is 268 g/mol. The third-order valence-corrected chi connectivity index (χ3v) is 3.63. The van der Waals surface area contributed by atoms with Gasteiger partial charge in [0.1, 0.15) is 0 Å². The summed E-state index contributed by atoms with van der Waals surface area (Å²) in [5.74, 6) is -1.50. The van der Waals surface area contributed by atoms with E-state index in [1.165, 1.54) is 10.5 Å². The lowest BCUT2D eigenvalue weighted by Crippen LogP contribution is -2.42. The molecule has 1 aromatic rings. The molecule has 1 atom stereocenters. The van der Waals surface area contributed by atoms with Crippen LogP contribution in [0, 0.1) is 11.8 Å². The highest BCUT2D eigenvalue weighted by Gasteiger charge is 2.22. The van der Waals surface area contributed by atoms with Crippen LogP contribution in [0.4, 0.5) is 10.5 Å². The highest BCUT2D eigenvalue weighted by molar-refractivity contribution is 5.91. The molecule has 0 aliphatic heterocycles. The maximum atomic E-state index is 12.1. The Balaban J connectivity index is 2.63. The Kier molecular flexibility index (Phi) is 6.21. The first-order chi connectivity index (χ1) is 9.86. The van der Waals surface area contributed by atoms with E-state index >= 15 is 0 Å². The zero-order valence-electron chi connectivity index (χ0n) is 13.1. The van der Waals surface area contributed by atoms with Gasteiger partial charge < -0.3 is 10.4 Å². The number of benzene rings is 1. The summed E-state index contributed by atoms with van der Waals surface area (Å²) in [6, 6.07) is 7.43. The van der Waals surface area contributed by atoms with Crippen molar-refractivity contribution in [2.45, 2.75) is 27.2 Å². The molecule has 0 aliphatic carbocycles. The summed E-state index contributed by atoms with van der Waals surface area (Å²) < 4.78 is 0. The quantitative estimate of drug-likeness (QED) is 0.847. The van der Waals surface area contributed by atoms with Gasteiger partial charge in [-0.05, 0) is 30.0 Å². The van der Waals surface area contributed by atoms with Crippen LogP contribution in [-0.4, -0.2) is 30.7 Å². The normalized spacial score (nSPS) is 12.0. The number of anilines is 1. The number of amides is 2. The average Bonchev–Trinajstić information content (AvgIpc) is 2.45. The highest BCUT2D eigenvalue weighted by Crippen LogP contribution is 2.15. The Labute approximate surface area is 126 Å². The summed E-state index contributed by atoms with van der Waals surface area (Å²) in [5, 5.41) is 11.8. The molecule has 0 bridgehead atoms. The number of nitrogens with zero attached hydrogens (tertiary/aromatic N) is 1. The Morgan fingerprint density at radius 2 is 1.81 bits per heavy atom. The minimum atomic E-state index is -0.889. The summed E-state index contributed by atoms with van der Waals surface area (Å²) in [7, 11) is 1.67. The number of nitrogens with one attached hydrogen (secondary N) is 1. The molecule has 0 heterocycles. The first-order valence-corrected chi connectivity index (χ1v) is 7.20. The second-order valence-electron chi connectivity index (χ2n) is 5.45. The lowest BCUT2D eigenvalue weighted by molar-refractivity contribution is -0.142. The van der Waals surface area contributed by atoms with Gasteiger partial charge in [0.05, 0.1) is 5.92 Å². The zero-order chi connectivity index (χ0) is 16.0. The topological polar surface area (TPSA) is 69.6 Å². The van der Waals surface area contributed by atoms with Gasteiger partial charge in [-0.15, -0.1) is 0 Å². The van der Waals surface area contributed by atoms with E-state index < -0.39 is 11.9 Å². The smallest absolute Gasteiger partial charge is 0.321 e. The van der Waals surface area contributed by atoms with Crippen molar-refractivity contribution in [1.82, 2.24) is 5.32 Å². The molecule has 2 N–H and O–H groups in total. The number of carboxylic acid groups (broad SMARTS) is 1. The van der Waals surface area contributed by atoms with Crippen molar-refractivity contribution < 1.29 is 14.7 Å². The SMILES string of the molecule is CCc1ccc(N(C)C(=O)NCC(C(=O)O)C(C)C)cc1. The molecule has 0 radical (unpaired) electrons. The van der Waals surface area contributed by atoms with Crippen LogP contribution < -0.4 is 10.2 Å². The first kappa shape index (κ1) is 17.0. The van der Waals surface area contributed by atoms with Gasteiger partial charge in [-0.3, -0.25) is 9.69 Å². The molecule has 0 aliphatic rings. The Bertz CT molecular complexity index is 483. The van der Waals surface area contributed by atoms with Gasteiger partial charge >= 0.3 is 12.0 Å². The van der Waals surface area contributed by atoms with Crippen molar-refractivity contribution in [3.63, 3.8) is 0 Å². The van der Waals surface area contributed by atoms with Crippen molar-refractivity contribution in [3.05, 3.63) is 29.8 Å². The molecule has 5 nitrogen and oxygen atoms in total. The van der Waals surface area contributed by atoms with E-state index in [9.17, 15) is 9.59 Å². The van der Waals surface area contributed by atoms with Gasteiger partial charge in [0.2, 0.25) is 0 Å². The fourth-order valence-electron chi connectivity index (χ4n) is 2.00. The van der Waals surface area contributed by atoms with Crippen molar-refractivity contribution >= 4 is 17.7 Å². The zero-order valence-corrected chi connectivity index (χ0v) is 13.1. The van der Waals surface area contributed by atoms with Crippen molar-refractivity contribution in [1.29, 1.82) is 0 Å². The lowest BCUT2D eigenvalue weighted by atomic mass is 9.96. The largest absolute Gasteiger partial charge is 0.481 e. The van der Waals surface area contributed by atoms with E-state index in [0.717, 1.165) is 12.1 Å². The number of aryl methyl sites for hydroxylation is 1. The second-order valence-corrected chi connectivity index (χ2v) is 5.45. The number of carbonyl (C=O) groups excluding carboxylic acids is 1. The fourth-order valence-corrected chi connectivity index (χ4v) is 2.00. The lowest BCUT2D eigenvalue weighted by Gasteiger charge is -2.21. The van der Waals surface area contributed by atoms with E-state index in [-0.39, 0.29) is 18.5 Å². The maximum absolute atomic E-state index is 12.1. The van der Waals surface area contributed by atoms with Crippen molar-refractivity contribution in [3.8, 4) is 0 Å². The molecule has 116 valence electrons. The molecule has 0 spiro atoms. The predicted octanol–water partition coefficient (Wildman–Crippen LogP) is 2.75. The molecule has 1 unspecified atom stereocenters. The maximum Gasteiger partial charge on any atom is 0.321 e. The number of carboxylic acids is 1. The van der Waals surface area contributed by atoms with Gasteiger partial charge in [-0.25, -0.2) is 4.79 Å². The van der Waals surface area contributed by atoms with Crippen LogP contribution in [0.5, 0.6) is 0 Å². The van der Waals surface area contributed by atoms with E-state index in [1.807, 2.05) is 38.1 Å². The molecule has 21 heavy (non-hydrogen) atoms. The fraction of sp³-hybridized carbons (Fsp3) is 0.500. The summed E-state index contributed by atoms with van der Waals surface area (Å²) in [6.45, 7) is 5.86. The van der Waals surface area contributed by atoms with E-state index in [2.05, 4.69) is 12.2 Å². The molecule has 0 fully saturated rings. The van der Waals surface area contributed by atoms with Crippen LogP contribution in [0.25, 0.3) is 0 Å². The Morgan fingerprint density at radius 3 is 2.24 bits per heavy atom. The summed E-state index contributed by atoms with van der Waals surface area (Å²) >= 11 is 0. The molecule has 0 saturated heterocycles. The number of carbonyl (C=O) groups is 2. The van der Waals surface area contributed by atoms with Gasteiger partial charge in [-0.2, -0.15) is 0 Å².